The van der Waals surface area contributed by atoms with Gasteiger partial charge in [0.2, 0.25) is 0 Å². The largest absolute Gasteiger partial charge is 0.494 e. The number of esters is 1. The van der Waals surface area contributed by atoms with Gasteiger partial charge >= 0.3 is 5.97 Å². The van der Waals surface area contributed by atoms with Crippen LogP contribution in [0.5, 0.6) is 5.75 Å². The fraction of sp³-hybridized carbons (Fsp3) is 0.263. The van der Waals surface area contributed by atoms with Gasteiger partial charge in [-0.3, -0.25) is 14.9 Å². The van der Waals surface area contributed by atoms with E-state index in [1.165, 1.54) is 19.1 Å². The number of rotatable bonds is 8. The van der Waals surface area contributed by atoms with Crippen molar-refractivity contribution in [1.29, 1.82) is 0 Å². The van der Waals surface area contributed by atoms with Crippen molar-refractivity contribution in [3.05, 3.63) is 58.1 Å². The lowest BCUT2D eigenvalue weighted by Gasteiger charge is -2.15. The van der Waals surface area contributed by atoms with Crippen LogP contribution in [0.1, 0.15) is 24.2 Å². The van der Waals surface area contributed by atoms with E-state index in [9.17, 15) is 19.7 Å². The van der Waals surface area contributed by atoms with Crippen molar-refractivity contribution in [2.24, 2.45) is 0 Å². The number of hydrogen-bond acceptors (Lipinski definition) is 7. The molecule has 28 heavy (non-hydrogen) atoms. The van der Waals surface area contributed by atoms with E-state index in [1.54, 1.807) is 31.3 Å². The van der Waals surface area contributed by atoms with Crippen LogP contribution < -0.4 is 15.4 Å². The van der Waals surface area contributed by atoms with Crippen molar-refractivity contribution in [2.75, 3.05) is 24.3 Å². The SMILES string of the molecule is CCOc1ccc(NC(=O)[C@@H](C)OC(=O)c2cc([N+](=O)[O-])ccc2NC)cc1. The van der Waals surface area contributed by atoms with E-state index in [0.717, 1.165) is 6.07 Å². The molecule has 1 amide bonds. The van der Waals surface area contributed by atoms with Gasteiger partial charge in [0.25, 0.3) is 11.6 Å². The van der Waals surface area contributed by atoms with Gasteiger partial charge in [-0.15, -0.1) is 0 Å². The fourth-order valence-electron chi connectivity index (χ4n) is 2.36. The Bertz CT molecular complexity index is 866. The molecule has 0 unspecified atom stereocenters. The van der Waals surface area contributed by atoms with E-state index in [1.807, 2.05) is 6.92 Å². The molecule has 0 saturated heterocycles. The third-order valence-corrected chi connectivity index (χ3v) is 3.79. The molecule has 0 aliphatic rings. The molecule has 2 aromatic rings. The molecule has 1 atom stereocenters. The lowest BCUT2D eigenvalue weighted by Crippen LogP contribution is -2.30. The van der Waals surface area contributed by atoms with Gasteiger partial charge in [0.1, 0.15) is 5.75 Å². The number of hydrogen-bond donors (Lipinski definition) is 2. The number of nitro benzene ring substituents is 1. The number of amides is 1. The van der Waals surface area contributed by atoms with Crippen LogP contribution in [0.3, 0.4) is 0 Å². The second-order valence-electron chi connectivity index (χ2n) is 5.73. The van der Waals surface area contributed by atoms with Crippen LogP contribution in [-0.4, -0.2) is 36.6 Å². The predicted molar refractivity (Wildman–Crippen MR) is 104 cm³/mol. The topological polar surface area (TPSA) is 120 Å². The summed E-state index contributed by atoms with van der Waals surface area (Å²) in [5, 5.41) is 16.3. The number of benzene rings is 2. The summed E-state index contributed by atoms with van der Waals surface area (Å²) < 4.78 is 10.5. The molecule has 0 aliphatic carbocycles. The summed E-state index contributed by atoms with van der Waals surface area (Å²) in [5.74, 6) is -0.707. The summed E-state index contributed by atoms with van der Waals surface area (Å²) in [5.41, 5.74) is 0.590. The lowest BCUT2D eigenvalue weighted by molar-refractivity contribution is -0.384. The number of non-ortho nitro benzene ring substituents is 1. The third-order valence-electron chi connectivity index (χ3n) is 3.79. The van der Waals surface area contributed by atoms with E-state index in [0.29, 0.717) is 23.7 Å². The zero-order valence-corrected chi connectivity index (χ0v) is 15.7. The van der Waals surface area contributed by atoms with E-state index in [-0.39, 0.29) is 11.3 Å². The van der Waals surface area contributed by atoms with Crippen molar-refractivity contribution in [2.45, 2.75) is 20.0 Å². The van der Waals surface area contributed by atoms with Crippen molar-refractivity contribution in [1.82, 2.24) is 0 Å². The summed E-state index contributed by atoms with van der Waals surface area (Å²) in [6, 6.07) is 10.5. The Balaban J connectivity index is 2.06. The highest BCUT2D eigenvalue weighted by Crippen LogP contribution is 2.23. The Morgan fingerprint density at radius 3 is 2.43 bits per heavy atom. The highest BCUT2D eigenvalue weighted by atomic mass is 16.6. The maximum Gasteiger partial charge on any atom is 0.341 e. The minimum atomic E-state index is -1.11. The summed E-state index contributed by atoms with van der Waals surface area (Å²) in [4.78, 5) is 35.0. The van der Waals surface area contributed by atoms with Gasteiger partial charge in [0.15, 0.2) is 6.10 Å². The van der Waals surface area contributed by atoms with Crippen LogP contribution in [0.25, 0.3) is 0 Å². The maximum atomic E-state index is 12.4. The van der Waals surface area contributed by atoms with Crippen molar-refractivity contribution in [3.8, 4) is 5.75 Å². The Morgan fingerprint density at radius 1 is 1.18 bits per heavy atom. The second kappa shape index (κ2) is 9.36. The van der Waals surface area contributed by atoms with E-state index in [2.05, 4.69) is 10.6 Å². The molecule has 9 nitrogen and oxygen atoms in total. The molecular weight excluding hydrogens is 366 g/mol. The van der Waals surface area contributed by atoms with Crippen LogP contribution >= 0.6 is 0 Å². The highest BCUT2D eigenvalue weighted by Gasteiger charge is 2.23. The first kappa shape index (κ1) is 20.7. The predicted octanol–water partition coefficient (Wildman–Crippen LogP) is 3.22. The molecule has 0 fully saturated rings. The monoisotopic (exact) mass is 387 g/mol. The Labute approximate surface area is 161 Å². The summed E-state index contributed by atoms with van der Waals surface area (Å²) in [6.45, 7) is 3.82. The highest BCUT2D eigenvalue weighted by molar-refractivity contribution is 6.00. The average molecular weight is 387 g/mol. The third kappa shape index (κ3) is 5.19. The maximum absolute atomic E-state index is 12.4. The van der Waals surface area contributed by atoms with Gasteiger partial charge in [-0.05, 0) is 44.2 Å². The van der Waals surface area contributed by atoms with E-state index < -0.39 is 22.9 Å². The molecule has 0 saturated carbocycles. The quantitative estimate of drug-likeness (QED) is 0.405. The number of nitro groups is 1. The standard InChI is InChI=1S/C19H21N3O6/c1-4-27-15-8-5-13(6-9-15)21-18(23)12(2)28-19(24)16-11-14(22(25)26)7-10-17(16)20-3/h5-12,20H,4H2,1-3H3,(H,21,23)/t12-/m1/s1. The molecule has 0 bridgehead atoms. The number of anilines is 2. The molecule has 2 N–H and O–H groups in total. The number of carbonyl (C=O) groups excluding carboxylic acids is 2. The molecule has 0 spiro atoms. The number of ether oxygens (including phenoxy) is 2. The summed E-state index contributed by atoms with van der Waals surface area (Å²) in [6.07, 6.45) is -1.11. The Morgan fingerprint density at radius 2 is 1.86 bits per heavy atom. The van der Waals surface area contributed by atoms with E-state index in [4.69, 9.17) is 9.47 Å². The second-order valence-corrected chi connectivity index (χ2v) is 5.73. The molecule has 2 aromatic carbocycles. The number of nitrogens with one attached hydrogen (secondary N) is 2. The van der Waals surface area contributed by atoms with Crippen LogP contribution in [-0.2, 0) is 9.53 Å². The summed E-state index contributed by atoms with van der Waals surface area (Å²) >= 11 is 0. The van der Waals surface area contributed by atoms with Crippen molar-refractivity contribution in [3.63, 3.8) is 0 Å². The van der Waals surface area contributed by atoms with Gasteiger partial charge in [0.05, 0.1) is 17.1 Å². The van der Waals surface area contributed by atoms with Crippen LogP contribution in [0.15, 0.2) is 42.5 Å². The molecule has 0 aliphatic heterocycles. The first-order valence-electron chi connectivity index (χ1n) is 8.56. The minimum Gasteiger partial charge on any atom is -0.494 e. The smallest absolute Gasteiger partial charge is 0.341 e. The molecule has 0 heterocycles. The lowest BCUT2D eigenvalue weighted by atomic mass is 10.1. The average Bonchev–Trinajstić information content (AvgIpc) is 2.68. The summed E-state index contributed by atoms with van der Waals surface area (Å²) in [7, 11) is 1.57. The molecule has 0 aromatic heterocycles. The van der Waals surface area contributed by atoms with Crippen LogP contribution in [0.4, 0.5) is 17.1 Å². The Hall–Kier alpha value is -3.62. The molecule has 148 valence electrons. The molecule has 2 rings (SSSR count). The normalized spacial score (nSPS) is 11.2. The first-order valence-corrected chi connectivity index (χ1v) is 8.56. The Kier molecular flexibility index (Phi) is 6.91. The van der Waals surface area contributed by atoms with Gasteiger partial charge in [0, 0.05) is 30.6 Å². The van der Waals surface area contributed by atoms with Crippen molar-refractivity contribution < 1.29 is 24.0 Å². The van der Waals surface area contributed by atoms with Gasteiger partial charge in [-0.1, -0.05) is 0 Å². The van der Waals surface area contributed by atoms with Crippen LogP contribution in [0, 0.1) is 10.1 Å². The molecule has 9 heteroatoms. The fourth-order valence-corrected chi connectivity index (χ4v) is 2.36. The molecular formula is C19H21N3O6. The molecule has 0 radical (unpaired) electrons. The minimum absolute atomic E-state index is 0.0302. The van der Waals surface area contributed by atoms with E-state index >= 15 is 0 Å². The van der Waals surface area contributed by atoms with Crippen LogP contribution in [0.2, 0.25) is 0 Å². The van der Waals surface area contributed by atoms with Gasteiger partial charge in [-0.2, -0.15) is 0 Å². The zero-order valence-electron chi connectivity index (χ0n) is 15.7. The van der Waals surface area contributed by atoms with Gasteiger partial charge < -0.3 is 20.1 Å². The van der Waals surface area contributed by atoms with Crippen molar-refractivity contribution >= 4 is 28.9 Å². The first-order chi connectivity index (χ1) is 13.3. The zero-order chi connectivity index (χ0) is 20.7. The number of carbonyl (C=O) groups is 2. The number of nitrogens with zero attached hydrogens (tertiary/aromatic N) is 1. The van der Waals surface area contributed by atoms with Gasteiger partial charge in [-0.25, -0.2) is 4.79 Å².